The van der Waals surface area contributed by atoms with E-state index in [0.29, 0.717) is 28.2 Å². The molecule has 0 aliphatic rings. The fourth-order valence-electron chi connectivity index (χ4n) is 1.82. The Morgan fingerprint density at radius 1 is 1.14 bits per heavy atom. The minimum Gasteiger partial charge on any atom is -0.493 e. The molecule has 2 rings (SSSR count). The van der Waals surface area contributed by atoms with Crippen LogP contribution < -0.4 is 14.9 Å². The predicted octanol–water partition coefficient (Wildman–Crippen LogP) is 4.13. The summed E-state index contributed by atoms with van der Waals surface area (Å²) in [5.41, 5.74) is 4.45. The molecule has 0 bridgehead atoms. The maximum Gasteiger partial charge on any atom is 0.162 e. The quantitative estimate of drug-likeness (QED) is 0.636. The van der Waals surface area contributed by atoms with Crippen molar-refractivity contribution in [1.82, 2.24) is 5.43 Å². The first-order chi connectivity index (χ1) is 10.6. The lowest BCUT2D eigenvalue weighted by atomic mass is 10.2. The van der Waals surface area contributed by atoms with Gasteiger partial charge in [0.25, 0.3) is 0 Å². The molecule has 0 atom stereocenters. The summed E-state index contributed by atoms with van der Waals surface area (Å²) in [5, 5.41) is 5.14. The molecule has 4 nitrogen and oxygen atoms in total. The van der Waals surface area contributed by atoms with E-state index in [1.807, 2.05) is 24.3 Å². The monoisotopic (exact) mass is 338 g/mol. The first-order valence-electron chi connectivity index (χ1n) is 6.58. The first-order valence-corrected chi connectivity index (χ1v) is 7.34. The van der Waals surface area contributed by atoms with Gasteiger partial charge in [0.15, 0.2) is 11.5 Å². The number of hydrogen-bond donors (Lipinski definition) is 1. The molecule has 22 heavy (non-hydrogen) atoms. The molecule has 0 spiro atoms. The second-order valence-electron chi connectivity index (χ2n) is 4.42. The third kappa shape index (κ3) is 4.29. The van der Waals surface area contributed by atoms with Gasteiger partial charge in [0.05, 0.1) is 13.3 Å². The van der Waals surface area contributed by atoms with Gasteiger partial charge >= 0.3 is 0 Å². The van der Waals surface area contributed by atoms with Crippen molar-refractivity contribution >= 4 is 29.4 Å². The van der Waals surface area contributed by atoms with Crippen LogP contribution in [0.4, 0.5) is 0 Å². The Labute approximate surface area is 139 Å². The van der Waals surface area contributed by atoms with E-state index < -0.39 is 0 Å². The van der Waals surface area contributed by atoms with Crippen molar-refractivity contribution in [3.8, 4) is 11.5 Å². The van der Waals surface area contributed by atoms with E-state index in [9.17, 15) is 0 Å². The third-order valence-electron chi connectivity index (χ3n) is 2.93. The molecular formula is C16H16Cl2N2O2. The Bertz CT molecular complexity index is 675. The van der Waals surface area contributed by atoms with Gasteiger partial charge in [0, 0.05) is 22.7 Å². The number of hydrogen-bond acceptors (Lipinski definition) is 4. The molecule has 1 N–H and O–H groups in total. The smallest absolute Gasteiger partial charge is 0.162 e. The summed E-state index contributed by atoms with van der Waals surface area (Å²) in [6.07, 6.45) is 1.70. The molecule has 0 radical (unpaired) electrons. The van der Waals surface area contributed by atoms with Gasteiger partial charge in [-0.15, -0.1) is 0 Å². The van der Waals surface area contributed by atoms with Gasteiger partial charge in [-0.1, -0.05) is 29.3 Å². The summed E-state index contributed by atoms with van der Waals surface area (Å²) in [7, 11) is 3.33. The minimum atomic E-state index is 0.318. The Hall–Kier alpha value is -1.91. The van der Waals surface area contributed by atoms with E-state index in [4.69, 9.17) is 32.7 Å². The van der Waals surface area contributed by atoms with Gasteiger partial charge in [-0.2, -0.15) is 5.10 Å². The Kier molecular flexibility index (Phi) is 5.92. The Morgan fingerprint density at radius 2 is 1.95 bits per heavy atom. The van der Waals surface area contributed by atoms with Crippen LogP contribution >= 0.6 is 23.2 Å². The zero-order valence-electron chi connectivity index (χ0n) is 12.3. The minimum absolute atomic E-state index is 0.318. The van der Waals surface area contributed by atoms with Gasteiger partial charge < -0.3 is 14.9 Å². The van der Waals surface area contributed by atoms with Crippen molar-refractivity contribution in [2.45, 2.75) is 6.61 Å². The topological polar surface area (TPSA) is 42.9 Å². The summed E-state index contributed by atoms with van der Waals surface area (Å²) < 4.78 is 11.1. The fourth-order valence-corrected chi connectivity index (χ4v) is 2.28. The van der Waals surface area contributed by atoms with Crippen molar-refractivity contribution in [3.05, 3.63) is 57.6 Å². The van der Waals surface area contributed by atoms with Gasteiger partial charge in [0.2, 0.25) is 0 Å². The zero-order valence-corrected chi connectivity index (χ0v) is 13.8. The van der Waals surface area contributed by atoms with E-state index in [-0.39, 0.29) is 0 Å². The summed E-state index contributed by atoms with van der Waals surface area (Å²) >= 11 is 12.0. The molecule has 0 aromatic heterocycles. The van der Waals surface area contributed by atoms with Crippen LogP contribution in [0.3, 0.4) is 0 Å². The van der Waals surface area contributed by atoms with Crippen LogP contribution in [0, 0.1) is 0 Å². The standard InChI is InChI=1S/C16H16Cl2N2O2/c1-19-20-9-11-3-6-15(21-2)16(7-11)22-10-12-4-5-13(17)8-14(12)18/h3-9,19H,10H2,1-2H3/b20-9+. The highest BCUT2D eigenvalue weighted by atomic mass is 35.5. The SMILES string of the molecule is CN/N=C/c1ccc(OC)c(OCc2ccc(Cl)cc2Cl)c1. The summed E-state index contributed by atoms with van der Waals surface area (Å²) in [5.74, 6) is 1.26. The van der Waals surface area contributed by atoms with E-state index in [2.05, 4.69) is 10.5 Å². The van der Waals surface area contributed by atoms with Crippen LogP contribution in [0.25, 0.3) is 0 Å². The molecule has 0 aliphatic heterocycles. The van der Waals surface area contributed by atoms with Crippen molar-refractivity contribution in [2.24, 2.45) is 5.10 Å². The Morgan fingerprint density at radius 3 is 2.64 bits per heavy atom. The van der Waals surface area contributed by atoms with Crippen LogP contribution in [0.15, 0.2) is 41.5 Å². The highest BCUT2D eigenvalue weighted by Crippen LogP contribution is 2.29. The number of nitrogens with one attached hydrogen (secondary N) is 1. The molecule has 0 fully saturated rings. The van der Waals surface area contributed by atoms with E-state index >= 15 is 0 Å². The summed E-state index contributed by atoms with van der Waals surface area (Å²) in [6, 6.07) is 10.9. The maximum absolute atomic E-state index is 6.14. The first kappa shape index (κ1) is 16.5. The molecule has 0 heterocycles. The van der Waals surface area contributed by atoms with Crippen LogP contribution in [0.2, 0.25) is 10.0 Å². The largest absolute Gasteiger partial charge is 0.493 e. The zero-order chi connectivity index (χ0) is 15.9. The van der Waals surface area contributed by atoms with Gasteiger partial charge in [-0.05, 0) is 35.9 Å². The predicted molar refractivity (Wildman–Crippen MR) is 90.4 cm³/mol. The lowest BCUT2D eigenvalue weighted by Crippen LogP contribution is -2.00. The van der Waals surface area contributed by atoms with E-state index in [0.717, 1.165) is 11.1 Å². The van der Waals surface area contributed by atoms with Crippen LogP contribution in [0.1, 0.15) is 11.1 Å². The molecule has 116 valence electrons. The maximum atomic E-state index is 6.14. The summed E-state index contributed by atoms with van der Waals surface area (Å²) in [6.45, 7) is 0.318. The van der Waals surface area contributed by atoms with Gasteiger partial charge in [0.1, 0.15) is 6.61 Å². The molecule has 0 aliphatic carbocycles. The molecule has 6 heteroatoms. The summed E-state index contributed by atoms with van der Waals surface area (Å²) in [4.78, 5) is 0. The lowest BCUT2D eigenvalue weighted by Gasteiger charge is -2.12. The number of ether oxygens (including phenoxy) is 2. The van der Waals surface area contributed by atoms with Crippen molar-refractivity contribution in [1.29, 1.82) is 0 Å². The third-order valence-corrected chi connectivity index (χ3v) is 3.52. The number of halogens is 2. The van der Waals surface area contributed by atoms with Crippen molar-refractivity contribution in [2.75, 3.05) is 14.2 Å². The second-order valence-corrected chi connectivity index (χ2v) is 5.26. The molecule has 0 saturated carbocycles. The second kappa shape index (κ2) is 7.92. The van der Waals surface area contributed by atoms with Crippen molar-refractivity contribution in [3.63, 3.8) is 0 Å². The highest BCUT2D eigenvalue weighted by molar-refractivity contribution is 6.35. The molecule has 0 unspecified atom stereocenters. The normalized spacial score (nSPS) is 10.7. The number of rotatable bonds is 6. The van der Waals surface area contributed by atoms with Crippen LogP contribution in [-0.4, -0.2) is 20.4 Å². The van der Waals surface area contributed by atoms with Crippen LogP contribution in [-0.2, 0) is 6.61 Å². The highest BCUT2D eigenvalue weighted by Gasteiger charge is 2.08. The average molecular weight is 339 g/mol. The average Bonchev–Trinajstić information content (AvgIpc) is 2.52. The molecular weight excluding hydrogens is 323 g/mol. The van der Waals surface area contributed by atoms with E-state index in [1.165, 1.54) is 0 Å². The van der Waals surface area contributed by atoms with Gasteiger partial charge in [-0.25, -0.2) is 0 Å². The molecule has 2 aromatic rings. The lowest BCUT2D eigenvalue weighted by molar-refractivity contribution is 0.284. The Balaban J connectivity index is 2.18. The van der Waals surface area contributed by atoms with Gasteiger partial charge in [-0.3, -0.25) is 0 Å². The molecule has 0 amide bonds. The van der Waals surface area contributed by atoms with Crippen molar-refractivity contribution < 1.29 is 9.47 Å². The number of hydrazone groups is 1. The van der Waals surface area contributed by atoms with Crippen LogP contribution in [0.5, 0.6) is 11.5 Å². The number of nitrogens with zero attached hydrogens (tertiary/aromatic N) is 1. The molecule has 0 saturated heterocycles. The number of methoxy groups -OCH3 is 1. The fraction of sp³-hybridized carbons (Fsp3) is 0.188. The molecule has 2 aromatic carbocycles. The number of benzene rings is 2. The van der Waals surface area contributed by atoms with E-state index in [1.54, 1.807) is 32.5 Å².